The van der Waals surface area contributed by atoms with Crippen LogP contribution in [0.25, 0.3) is 0 Å². The van der Waals surface area contributed by atoms with E-state index in [1.165, 1.54) is 23.2 Å². The van der Waals surface area contributed by atoms with Crippen LogP contribution >= 0.6 is 23.2 Å². The first-order chi connectivity index (χ1) is 10.4. The normalized spacial score (nSPS) is 10.5. The molecule has 2 rings (SSSR count). The van der Waals surface area contributed by atoms with Gasteiger partial charge < -0.3 is 4.90 Å². The van der Waals surface area contributed by atoms with Gasteiger partial charge in [0.25, 0.3) is 5.56 Å². The molecule has 22 heavy (non-hydrogen) atoms. The number of nitrogens with zero attached hydrogens (tertiary/aromatic N) is 3. The Morgan fingerprint density at radius 3 is 2.82 bits per heavy atom. The van der Waals surface area contributed by atoms with Crippen molar-refractivity contribution in [3.8, 4) is 0 Å². The van der Waals surface area contributed by atoms with Crippen LogP contribution in [0.2, 0.25) is 10.0 Å². The van der Waals surface area contributed by atoms with Crippen LogP contribution in [-0.2, 0) is 17.9 Å². The van der Waals surface area contributed by atoms with Crippen molar-refractivity contribution < 1.29 is 9.18 Å². The lowest BCUT2D eigenvalue weighted by atomic mass is 10.2. The average molecular weight is 344 g/mol. The van der Waals surface area contributed by atoms with Crippen LogP contribution in [0.15, 0.2) is 35.3 Å². The van der Waals surface area contributed by atoms with Crippen molar-refractivity contribution in [3.63, 3.8) is 0 Å². The summed E-state index contributed by atoms with van der Waals surface area (Å²) in [6.07, 6.45) is 1.20. The maximum Gasteiger partial charge on any atom is 0.287 e. The van der Waals surface area contributed by atoms with E-state index in [1.807, 2.05) is 0 Å². The Balaban J connectivity index is 2.09. The minimum absolute atomic E-state index is 0.0310. The van der Waals surface area contributed by atoms with Gasteiger partial charge in [0.2, 0.25) is 5.91 Å². The van der Waals surface area contributed by atoms with Crippen LogP contribution in [-0.4, -0.2) is 27.6 Å². The molecule has 5 nitrogen and oxygen atoms in total. The molecule has 0 saturated carbocycles. The Morgan fingerprint density at radius 2 is 2.14 bits per heavy atom. The van der Waals surface area contributed by atoms with E-state index in [0.717, 1.165) is 4.68 Å². The summed E-state index contributed by atoms with van der Waals surface area (Å²) in [5.41, 5.74) is 0.00645. The molecule has 0 atom stereocenters. The van der Waals surface area contributed by atoms with Gasteiger partial charge in [0, 0.05) is 13.6 Å². The molecule has 0 radical (unpaired) electrons. The third-order valence-corrected chi connectivity index (χ3v) is 3.71. The summed E-state index contributed by atoms with van der Waals surface area (Å²) in [7, 11) is 1.55. The first-order valence-electron chi connectivity index (χ1n) is 6.28. The van der Waals surface area contributed by atoms with E-state index < -0.39 is 5.56 Å². The Kier molecular flexibility index (Phi) is 5.15. The Bertz CT molecular complexity index is 764. The zero-order chi connectivity index (χ0) is 16.3. The average Bonchev–Trinajstić information content (AvgIpc) is 2.47. The molecule has 1 heterocycles. The molecule has 0 aliphatic rings. The van der Waals surface area contributed by atoms with Gasteiger partial charge in [0.15, 0.2) is 0 Å². The maximum absolute atomic E-state index is 13.1. The minimum Gasteiger partial charge on any atom is -0.340 e. The third-order valence-electron chi connectivity index (χ3n) is 2.96. The second-order valence-corrected chi connectivity index (χ2v) is 5.43. The van der Waals surface area contributed by atoms with Crippen molar-refractivity contribution in [1.82, 2.24) is 14.7 Å². The number of rotatable bonds is 4. The van der Waals surface area contributed by atoms with Crippen molar-refractivity contribution in [1.29, 1.82) is 0 Å². The second kappa shape index (κ2) is 6.89. The molecule has 1 aromatic carbocycles. The molecule has 0 unspecified atom stereocenters. The van der Waals surface area contributed by atoms with Crippen LogP contribution in [0, 0.1) is 5.82 Å². The van der Waals surface area contributed by atoms with Gasteiger partial charge in [-0.05, 0) is 17.7 Å². The minimum atomic E-state index is -0.637. The molecule has 0 aliphatic carbocycles. The van der Waals surface area contributed by atoms with E-state index in [0.29, 0.717) is 5.56 Å². The largest absolute Gasteiger partial charge is 0.340 e. The number of hydrogen-bond donors (Lipinski definition) is 0. The predicted octanol–water partition coefficient (Wildman–Crippen LogP) is 2.35. The topological polar surface area (TPSA) is 55.2 Å². The zero-order valence-corrected chi connectivity index (χ0v) is 13.1. The Morgan fingerprint density at radius 1 is 1.41 bits per heavy atom. The van der Waals surface area contributed by atoms with Gasteiger partial charge in [-0.2, -0.15) is 5.10 Å². The number of likely N-dealkylation sites (N-methyl/N-ethyl adjacent to an activating group) is 1. The van der Waals surface area contributed by atoms with Crippen LogP contribution in [0.1, 0.15) is 5.56 Å². The van der Waals surface area contributed by atoms with Gasteiger partial charge in [-0.1, -0.05) is 35.3 Å². The van der Waals surface area contributed by atoms with Gasteiger partial charge in [-0.3, -0.25) is 9.59 Å². The van der Waals surface area contributed by atoms with E-state index in [2.05, 4.69) is 5.10 Å². The predicted molar refractivity (Wildman–Crippen MR) is 81.4 cm³/mol. The van der Waals surface area contributed by atoms with Crippen LogP contribution in [0.5, 0.6) is 0 Å². The fourth-order valence-electron chi connectivity index (χ4n) is 1.80. The number of carbonyl (C=O) groups excluding carboxylic acids is 1. The van der Waals surface area contributed by atoms with Crippen molar-refractivity contribution in [2.45, 2.75) is 13.1 Å². The molecule has 0 fully saturated rings. The summed E-state index contributed by atoms with van der Waals surface area (Å²) >= 11 is 11.4. The lowest BCUT2D eigenvalue weighted by molar-refractivity contribution is -0.131. The molecule has 0 aliphatic heterocycles. The summed E-state index contributed by atoms with van der Waals surface area (Å²) in [5, 5.41) is 3.61. The lowest BCUT2D eigenvalue weighted by Gasteiger charge is -2.17. The Hall–Kier alpha value is -1.92. The summed E-state index contributed by atoms with van der Waals surface area (Å²) in [4.78, 5) is 25.3. The number of aromatic nitrogens is 2. The summed E-state index contributed by atoms with van der Waals surface area (Å²) in [6, 6.07) is 5.93. The third kappa shape index (κ3) is 3.84. The highest BCUT2D eigenvalue weighted by atomic mass is 35.5. The van der Waals surface area contributed by atoms with Crippen molar-refractivity contribution in [2.75, 3.05) is 7.05 Å². The van der Waals surface area contributed by atoms with Crippen LogP contribution in [0.4, 0.5) is 4.39 Å². The summed E-state index contributed by atoms with van der Waals surface area (Å²) in [6.45, 7) is -0.0613. The second-order valence-electron chi connectivity index (χ2n) is 4.65. The number of benzene rings is 1. The summed E-state index contributed by atoms with van der Waals surface area (Å²) in [5.74, 6) is -0.738. The molecule has 1 amide bonds. The lowest BCUT2D eigenvalue weighted by Crippen LogP contribution is -2.34. The molecule has 8 heteroatoms. The zero-order valence-electron chi connectivity index (χ0n) is 11.6. The molecule has 0 bridgehead atoms. The molecule has 2 aromatic rings. The number of hydrogen-bond acceptors (Lipinski definition) is 3. The van der Waals surface area contributed by atoms with Gasteiger partial charge >= 0.3 is 0 Å². The van der Waals surface area contributed by atoms with E-state index in [1.54, 1.807) is 19.2 Å². The monoisotopic (exact) mass is 343 g/mol. The Labute approximate surface area is 135 Å². The van der Waals surface area contributed by atoms with E-state index in [9.17, 15) is 14.0 Å². The molecule has 0 spiro atoms. The number of carbonyl (C=O) groups is 1. The molecular weight excluding hydrogens is 332 g/mol. The van der Waals surface area contributed by atoms with Gasteiger partial charge in [0.1, 0.15) is 17.4 Å². The summed E-state index contributed by atoms with van der Waals surface area (Å²) < 4.78 is 14.0. The van der Waals surface area contributed by atoms with Crippen molar-refractivity contribution in [3.05, 3.63) is 62.2 Å². The van der Waals surface area contributed by atoms with E-state index in [-0.39, 0.29) is 34.9 Å². The van der Waals surface area contributed by atoms with Gasteiger partial charge in [0.05, 0.1) is 11.2 Å². The van der Waals surface area contributed by atoms with E-state index in [4.69, 9.17) is 23.2 Å². The quantitative estimate of drug-likeness (QED) is 0.856. The molecular formula is C14H12Cl2FN3O2. The molecule has 0 saturated heterocycles. The SMILES string of the molecule is CN(Cc1cccc(F)c1)C(=O)Cn1ncc(Cl)c(Cl)c1=O. The maximum atomic E-state index is 13.1. The fourth-order valence-corrected chi connectivity index (χ4v) is 2.07. The molecule has 0 N–H and O–H groups in total. The first kappa shape index (κ1) is 16.5. The number of halogens is 3. The van der Waals surface area contributed by atoms with Crippen molar-refractivity contribution >= 4 is 29.1 Å². The standard InChI is InChI=1S/C14H12Cl2FN3O2/c1-19(7-9-3-2-4-10(17)5-9)12(21)8-20-14(22)13(16)11(15)6-18-20/h2-6H,7-8H2,1H3. The fraction of sp³-hybridized carbons (Fsp3) is 0.214. The number of amides is 1. The van der Waals surface area contributed by atoms with Gasteiger partial charge in [-0.25, -0.2) is 9.07 Å². The highest BCUT2D eigenvalue weighted by molar-refractivity contribution is 6.41. The van der Waals surface area contributed by atoms with Gasteiger partial charge in [-0.15, -0.1) is 0 Å². The first-order valence-corrected chi connectivity index (χ1v) is 7.03. The van der Waals surface area contributed by atoms with Crippen LogP contribution in [0.3, 0.4) is 0 Å². The smallest absolute Gasteiger partial charge is 0.287 e. The highest BCUT2D eigenvalue weighted by Gasteiger charge is 2.14. The van der Waals surface area contributed by atoms with E-state index >= 15 is 0 Å². The van der Waals surface area contributed by atoms with Crippen molar-refractivity contribution in [2.24, 2.45) is 0 Å². The molecule has 116 valence electrons. The molecule has 1 aromatic heterocycles. The highest BCUT2D eigenvalue weighted by Crippen LogP contribution is 2.14. The van der Waals surface area contributed by atoms with Crippen LogP contribution < -0.4 is 5.56 Å².